The van der Waals surface area contributed by atoms with Crippen LogP contribution in [-0.4, -0.2) is 24.8 Å². The molecule has 0 atom stereocenters. The summed E-state index contributed by atoms with van der Waals surface area (Å²) in [5.41, 5.74) is 1.52. The number of ether oxygens (including phenoxy) is 1. The van der Waals surface area contributed by atoms with E-state index in [4.69, 9.17) is 41.7 Å². The first-order chi connectivity index (χ1) is 11.5. The molecule has 0 saturated heterocycles. The summed E-state index contributed by atoms with van der Waals surface area (Å²) in [7, 11) is 0. The van der Waals surface area contributed by atoms with Crippen LogP contribution in [0.2, 0.25) is 5.15 Å². The highest BCUT2D eigenvalue weighted by Gasteiger charge is 2.20. The van der Waals surface area contributed by atoms with Crippen LogP contribution in [0.5, 0.6) is 5.75 Å². The van der Waals surface area contributed by atoms with Crippen LogP contribution in [0, 0.1) is 0 Å². The van der Waals surface area contributed by atoms with E-state index in [1.165, 1.54) is 0 Å². The molecule has 0 saturated carbocycles. The van der Waals surface area contributed by atoms with Crippen molar-refractivity contribution in [3.63, 3.8) is 0 Å². The van der Waals surface area contributed by atoms with E-state index in [2.05, 4.69) is 4.98 Å². The molecule has 0 bridgehead atoms. The molecule has 132 valence electrons. The molecule has 2 aromatic rings. The monoisotopic (exact) mass is 389 g/mol. The molecule has 1 aromatic carbocycles. The zero-order chi connectivity index (χ0) is 17.6. The normalized spacial score (nSPS) is 11.8. The molecule has 2 rings (SSSR count). The predicted molar refractivity (Wildman–Crippen MR) is 100 cm³/mol. The van der Waals surface area contributed by atoms with Crippen molar-refractivity contribution in [3.05, 3.63) is 35.0 Å². The molecule has 5 nitrogen and oxygen atoms in total. The van der Waals surface area contributed by atoms with Gasteiger partial charge >= 0.3 is 6.72 Å². The number of pyridine rings is 1. The molecule has 0 N–H and O–H groups in total. The summed E-state index contributed by atoms with van der Waals surface area (Å²) in [6.07, 6.45) is 0. The average Bonchev–Trinajstić information content (AvgIpc) is 2.54. The number of nitrogens with zero attached hydrogens (tertiary/aromatic N) is 1. The van der Waals surface area contributed by atoms with Gasteiger partial charge in [-0.05, 0) is 56.8 Å². The number of rotatable bonds is 9. The highest BCUT2D eigenvalue weighted by atomic mass is 35.5. The lowest BCUT2D eigenvalue weighted by Crippen LogP contribution is -2.01. The van der Waals surface area contributed by atoms with Gasteiger partial charge in [0.2, 0.25) is 0 Å². The van der Waals surface area contributed by atoms with E-state index in [1.54, 1.807) is 0 Å². The van der Waals surface area contributed by atoms with Crippen LogP contribution < -0.4 is 4.74 Å². The molecule has 0 aliphatic heterocycles. The van der Waals surface area contributed by atoms with Crippen LogP contribution in [0.15, 0.2) is 24.3 Å². The SMILES string of the molecule is CCOc1ccc2nc(Cl)c(COP(=S)(OCC)OCC)cc2c1. The first-order valence-electron chi connectivity index (χ1n) is 7.77. The quantitative estimate of drug-likeness (QED) is 0.439. The standard InChI is InChI=1S/C16H21ClNO4PS/c1-4-19-14-7-8-15-12(10-14)9-13(16(17)18-15)11-22-23(24,20-5-2)21-6-3/h7-10H,4-6,11H2,1-3H3. The Balaban J connectivity index is 2.24. The van der Waals surface area contributed by atoms with Crippen molar-refractivity contribution in [3.8, 4) is 5.75 Å². The first kappa shape index (κ1) is 19.6. The molecule has 0 fully saturated rings. The lowest BCUT2D eigenvalue weighted by molar-refractivity contribution is 0.161. The molecule has 0 spiro atoms. The third-order valence-electron chi connectivity index (χ3n) is 3.08. The Morgan fingerprint density at radius 1 is 1.04 bits per heavy atom. The molecule has 0 amide bonds. The van der Waals surface area contributed by atoms with Crippen molar-refractivity contribution in [2.24, 2.45) is 0 Å². The minimum Gasteiger partial charge on any atom is -0.494 e. The Kier molecular flexibility index (Phi) is 7.41. The molecule has 0 aliphatic carbocycles. The molecule has 8 heteroatoms. The fourth-order valence-electron chi connectivity index (χ4n) is 2.11. The van der Waals surface area contributed by atoms with Crippen molar-refractivity contribution >= 4 is 41.0 Å². The molecule has 0 radical (unpaired) electrons. The van der Waals surface area contributed by atoms with Crippen LogP contribution in [-0.2, 0) is 32.0 Å². The van der Waals surface area contributed by atoms with E-state index in [0.717, 1.165) is 22.2 Å². The summed E-state index contributed by atoms with van der Waals surface area (Å²) in [5.74, 6) is 0.787. The van der Waals surface area contributed by atoms with E-state index >= 15 is 0 Å². The summed E-state index contributed by atoms with van der Waals surface area (Å²) >= 11 is 11.6. The van der Waals surface area contributed by atoms with E-state index in [1.807, 2.05) is 45.0 Å². The Hall–Kier alpha value is -0.750. The summed E-state index contributed by atoms with van der Waals surface area (Å²) in [5, 5.41) is 1.30. The lowest BCUT2D eigenvalue weighted by Gasteiger charge is -2.20. The number of benzene rings is 1. The summed E-state index contributed by atoms with van der Waals surface area (Å²) in [6, 6.07) is 7.59. The lowest BCUT2D eigenvalue weighted by atomic mass is 10.1. The number of hydrogen-bond acceptors (Lipinski definition) is 6. The van der Waals surface area contributed by atoms with Gasteiger partial charge in [-0.15, -0.1) is 0 Å². The van der Waals surface area contributed by atoms with Gasteiger partial charge < -0.3 is 18.3 Å². The van der Waals surface area contributed by atoms with Crippen molar-refractivity contribution < 1.29 is 18.3 Å². The van der Waals surface area contributed by atoms with E-state index in [9.17, 15) is 0 Å². The van der Waals surface area contributed by atoms with Gasteiger partial charge in [-0.1, -0.05) is 11.6 Å². The molecular weight excluding hydrogens is 369 g/mol. The molecule has 0 aliphatic rings. The smallest absolute Gasteiger partial charge is 0.327 e. The van der Waals surface area contributed by atoms with Gasteiger partial charge in [0.1, 0.15) is 10.9 Å². The highest BCUT2D eigenvalue weighted by molar-refractivity contribution is 8.07. The Bertz CT molecular complexity index is 733. The summed E-state index contributed by atoms with van der Waals surface area (Å²) in [4.78, 5) is 4.40. The van der Waals surface area contributed by atoms with Crippen molar-refractivity contribution in [1.82, 2.24) is 4.98 Å². The topological polar surface area (TPSA) is 49.8 Å². The van der Waals surface area contributed by atoms with Gasteiger partial charge in [0, 0.05) is 10.9 Å². The zero-order valence-electron chi connectivity index (χ0n) is 14.0. The van der Waals surface area contributed by atoms with E-state index in [-0.39, 0.29) is 6.61 Å². The van der Waals surface area contributed by atoms with Crippen molar-refractivity contribution in [1.29, 1.82) is 0 Å². The second-order valence-electron chi connectivity index (χ2n) is 4.78. The van der Waals surface area contributed by atoms with Crippen molar-refractivity contribution in [2.75, 3.05) is 19.8 Å². The van der Waals surface area contributed by atoms with Gasteiger partial charge in [0.25, 0.3) is 0 Å². The van der Waals surface area contributed by atoms with Gasteiger partial charge in [0.05, 0.1) is 31.9 Å². The van der Waals surface area contributed by atoms with Gasteiger partial charge in [-0.2, -0.15) is 0 Å². The van der Waals surface area contributed by atoms with Gasteiger partial charge in [0.15, 0.2) is 0 Å². The van der Waals surface area contributed by atoms with Crippen molar-refractivity contribution in [2.45, 2.75) is 27.4 Å². The van der Waals surface area contributed by atoms with E-state index in [0.29, 0.717) is 25.0 Å². The van der Waals surface area contributed by atoms with Crippen LogP contribution >= 0.6 is 18.3 Å². The third-order valence-corrected chi connectivity index (χ3v) is 5.95. The second-order valence-corrected chi connectivity index (χ2v) is 8.15. The van der Waals surface area contributed by atoms with Crippen LogP contribution in [0.3, 0.4) is 0 Å². The first-order valence-corrected chi connectivity index (χ1v) is 10.7. The molecule has 24 heavy (non-hydrogen) atoms. The molecular formula is C16H21ClNO4PS. The molecule has 0 unspecified atom stereocenters. The largest absolute Gasteiger partial charge is 0.494 e. The van der Waals surface area contributed by atoms with E-state index < -0.39 is 6.72 Å². The maximum absolute atomic E-state index is 6.26. The zero-order valence-corrected chi connectivity index (χ0v) is 16.4. The average molecular weight is 390 g/mol. The fraction of sp³-hybridized carbons (Fsp3) is 0.438. The number of fused-ring (bicyclic) bond motifs is 1. The predicted octanol–water partition coefficient (Wildman–Crippen LogP) is 5.10. The van der Waals surface area contributed by atoms with Gasteiger partial charge in [-0.3, -0.25) is 0 Å². The Labute approximate surface area is 152 Å². The Morgan fingerprint density at radius 3 is 2.38 bits per heavy atom. The summed E-state index contributed by atoms with van der Waals surface area (Å²) in [6.45, 7) is 4.52. The second kappa shape index (κ2) is 9.09. The summed E-state index contributed by atoms with van der Waals surface area (Å²) < 4.78 is 22.2. The Morgan fingerprint density at radius 2 is 1.75 bits per heavy atom. The third kappa shape index (κ3) is 5.12. The minimum absolute atomic E-state index is 0.178. The maximum Gasteiger partial charge on any atom is 0.327 e. The fourth-order valence-corrected chi connectivity index (χ4v) is 4.25. The van der Waals surface area contributed by atoms with Gasteiger partial charge in [-0.25, -0.2) is 4.98 Å². The van der Waals surface area contributed by atoms with Crippen LogP contribution in [0.1, 0.15) is 26.3 Å². The van der Waals surface area contributed by atoms with Crippen LogP contribution in [0.25, 0.3) is 10.9 Å². The molecule has 1 heterocycles. The van der Waals surface area contributed by atoms with Crippen LogP contribution in [0.4, 0.5) is 0 Å². The number of hydrogen-bond donors (Lipinski definition) is 0. The number of halogens is 1. The minimum atomic E-state index is -2.76. The maximum atomic E-state index is 6.26. The number of aromatic nitrogens is 1. The molecule has 1 aromatic heterocycles. The highest BCUT2D eigenvalue weighted by Crippen LogP contribution is 2.50.